The Labute approximate surface area is 172 Å². The molecule has 0 saturated heterocycles. The fourth-order valence-electron chi connectivity index (χ4n) is 2.75. The molecule has 3 aromatic carbocycles. The van der Waals surface area contributed by atoms with Crippen LogP contribution in [0.1, 0.15) is 15.9 Å². The Balaban J connectivity index is 1.59. The minimum atomic E-state index is -0.0285. The van der Waals surface area contributed by atoms with Crippen LogP contribution >= 0.6 is 0 Å². The Morgan fingerprint density at radius 3 is 2.38 bits per heavy atom. The molecule has 3 rings (SSSR count). The third-order valence-corrected chi connectivity index (χ3v) is 4.32. The van der Waals surface area contributed by atoms with Gasteiger partial charge >= 0.3 is 0 Å². The molecule has 0 aliphatic carbocycles. The van der Waals surface area contributed by atoms with Gasteiger partial charge in [-0.3, -0.25) is 4.79 Å². The molecular formula is C25H26N2O2. The first-order chi connectivity index (χ1) is 14.1. The summed E-state index contributed by atoms with van der Waals surface area (Å²) in [4.78, 5) is 14.6. The standard InChI is InChI=1S/C25H26N2O2/c1-27(2)18-17-26-22-14-12-21(13-15-22)25(28)16-11-20-7-6-10-24(19-20)29-23-8-4-3-5-9-23/h3-16,19,26H,17-18H2,1-2H3/b16-11+. The number of likely N-dealkylation sites (N-methyl/N-ethyl adjacent to an activating group) is 1. The van der Waals surface area contributed by atoms with Crippen molar-refractivity contribution in [1.82, 2.24) is 4.90 Å². The number of carbonyl (C=O) groups is 1. The van der Waals surface area contributed by atoms with E-state index >= 15 is 0 Å². The van der Waals surface area contributed by atoms with Crippen molar-refractivity contribution >= 4 is 17.5 Å². The smallest absolute Gasteiger partial charge is 0.185 e. The zero-order valence-electron chi connectivity index (χ0n) is 16.8. The number of nitrogens with zero attached hydrogens (tertiary/aromatic N) is 1. The highest BCUT2D eigenvalue weighted by atomic mass is 16.5. The zero-order valence-corrected chi connectivity index (χ0v) is 16.8. The molecule has 148 valence electrons. The van der Waals surface area contributed by atoms with E-state index in [0.29, 0.717) is 5.56 Å². The van der Waals surface area contributed by atoms with E-state index in [1.54, 1.807) is 6.08 Å². The maximum Gasteiger partial charge on any atom is 0.185 e. The van der Waals surface area contributed by atoms with Gasteiger partial charge in [-0.1, -0.05) is 36.4 Å². The van der Waals surface area contributed by atoms with Gasteiger partial charge in [-0.25, -0.2) is 0 Å². The van der Waals surface area contributed by atoms with Gasteiger partial charge in [0.2, 0.25) is 0 Å². The van der Waals surface area contributed by atoms with Crippen LogP contribution in [0.2, 0.25) is 0 Å². The maximum absolute atomic E-state index is 12.5. The molecule has 0 saturated carbocycles. The highest BCUT2D eigenvalue weighted by Gasteiger charge is 2.03. The molecule has 0 spiro atoms. The average molecular weight is 386 g/mol. The maximum atomic E-state index is 12.5. The van der Waals surface area contributed by atoms with E-state index in [-0.39, 0.29) is 5.78 Å². The van der Waals surface area contributed by atoms with E-state index in [9.17, 15) is 4.79 Å². The van der Waals surface area contributed by atoms with Gasteiger partial charge in [0, 0.05) is 24.3 Å². The second-order valence-electron chi connectivity index (χ2n) is 6.99. The van der Waals surface area contributed by atoms with Crippen molar-refractivity contribution in [3.05, 3.63) is 96.1 Å². The number of benzene rings is 3. The van der Waals surface area contributed by atoms with Crippen LogP contribution in [0.4, 0.5) is 5.69 Å². The summed E-state index contributed by atoms with van der Waals surface area (Å²) in [7, 11) is 4.08. The fraction of sp³-hybridized carbons (Fsp3) is 0.160. The Morgan fingerprint density at radius 1 is 0.931 bits per heavy atom. The van der Waals surface area contributed by atoms with Crippen LogP contribution in [-0.4, -0.2) is 37.9 Å². The van der Waals surface area contributed by atoms with Gasteiger partial charge in [-0.2, -0.15) is 0 Å². The number of ketones is 1. The average Bonchev–Trinajstić information content (AvgIpc) is 2.73. The number of rotatable bonds is 9. The predicted molar refractivity (Wildman–Crippen MR) is 120 cm³/mol. The van der Waals surface area contributed by atoms with E-state index in [1.807, 2.05) is 99.0 Å². The minimum Gasteiger partial charge on any atom is -0.457 e. The Morgan fingerprint density at radius 2 is 1.66 bits per heavy atom. The first-order valence-corrected chi connectivity index (χ1v) is 9.64. The molecule has 0 unspecified atom stereocenters. The van der Waals surface area contributed by atoms with Crippen molar-refractivity contribution < 1.29 is 9.53 Å². The lowest BCUT2D eigenvalue weighted by molar-refractivity contribution is 0.104. The van der Waals surface area contributed by atoms with Crippen LogP contribution in [-0.2, 0) is 0 Å². The summed E-state index contributed by atoms with van der Waals surface area (Å²) in [5.41, 5.74) is 2.59. The van der Waals surface area contributed by atoms with E-state index in [0.717, 1.165) is 35.8 Å². The van der Waals surface area contributed by atoms with Crippen LogP contribution in [0, 0.1) is 0 Å². The van der Waals surface area contributed by atoms with Gasteiger partial charge in [0.05, 0.1) is 0 Å². The van der Waals surface area contributed by atoms with Crippen molar-refractivity contribution in [2.75, 3.05) is 32.5 Å². The van der Waals surface area contributed by atoms with Crippen molar-refractivity contribution in [1.29, 1.82) is 0 Å². The lowest BCUT2D eigenvalue weighted by atomic mass is 10.1. The first kappa shape index (κ1) is 20.4. The van der Waals surface area contributed by atoms with Gasteiger partial charge in [0.25, 0.3) is 0 Å². The summed E-state index contributed by atoms with van der Waals surface area (Å²) in [5.74, 6) is 1.49. The largest absolute Gasteiger partial charge is 0.457 e. The number of para-hydroxylation sites is 1. The van der Waals surface area contributed by atoms with Crippen molar-refractivity contribution in [2.45, 2.75) is 0 Å². The number of hydrogen-bond donors (Lipinski definition) is 1. The highest BCUT2D eigenvalue weighted by Crippen LogP contribution is 2.22. The fourth-order valence-corrected chi connectivity index (χ4v) is 2.75. The number of allylic oxidation sites excluding steroid dienone is 1. The third kappa shape index (κ3) is 6.63. The van der Waals surface area contributed by atoms with Gasteiger partial charge in [-0.05, 0) is 74.3 Å². The van der Waals surface area contributed by atoms with Gasteiger partial charge < -0.3 is 15.0 Å². The van der Waals surface area contributed by atoms with Crippen molar-refractivity contribution in [2.24, 2.45) is 0 Å². The predicted octanol–water partition coefficient (Wildman–Crippen LogP) is 5.35. The Bertz CT molecular complexity index is 948. The molecule has 4 heteroatoms. The second-order valence-corrected chi connectivity index (χ2v) is 6.99. The third-order valence-electron chi connectivity index (χ3n) is 4.32. The minimum absolute atomic E-state index is 0.0285. The molecule has 1 N–H and O–H groups in total. The summed E-state index contributed by atoms with van der Waals surface area (Å²) in [5, 5.41) is 3.34. The summed E-state index contributed by atoms with van der Waals surface area (Å²) in [6, 6.07) is 24.9. The number of ether oxygens (including phenoxy) is 1. The molecule has 0 fully saturated rings. The van der Waals surface area contributed by atoms with Crippen LogP contribution < -0.4 is 10.1 Å². The van der Waals surface area contributed by atoms with E-state index < -0.39 is 0 Å². The molecule has 0 radical (unpaired) electrons. The van der Waals surface area contributed by atoms with Gasteiger partial charge in [0.15, 0.2) is 5.78 Å². The van der Waals surface area contributed by atoms with Crippen molar-refractivity contribution in [3.63, 3.8) is 0 Å². The normalized spacial score (nSPS) is 11.0. The molecule has 0 aromatic heterocycles. The van der Waals surface area contributed by atoms with Gasteiger partial charge in [-0.15, -0.1) is 0 Å². The number of anilines is 1. The summed E-state index contributed by atoms with van der Waals surface area (Å²) >= 11 is 0. The number of carbonyl (C=O) groups excluding carboxylic acids is 1. The number of hydrogen-bond acceptors (Lipinski definition) is 4. The Kier molecular flexibility index (Phi) is 7.20. The Hall–Kier alpha value is -3.37. The molecule has 0 heterocycles. The SMILES string of the molecule is CN(C)CCNc1ccc(C(=O)/C=C/c2cccc(Oc3ccccc3)c2)cc1. The molecule has 3 aromatic rings. The highest BCUT2D eigenvalue weighted by molar-refractivity contribution is 6.07. The monoisotopic (exact) mass is 386 g/mol. The molecule has 4 nitrogen and oxygen atoms in total. The molecule has 0 amide bonds. The first-order valence-electron chi connectivity index (χ1n) is 9.64. The molecule has 29 heavy (non-hydrogen) atoms. The van der Waals surface area contributed by atoms with Gasteiger partial charge in [0.1, 0.15) is 11.5 Å². The molecule has 0 aliphatic rings. The summed E-state index contributed by atoms with van der Waals surface area (Å²) in [6.45, 7) is 1.82. The second kappa shape index (κ2) is 10.2. The van der Waals surface area contributed by atoms with E-state index in [4.69, 9.17) is 4.74 Å². The molecule has 0 bridgehead atoms. The molecular weight excluding hydrogens is 360 g/mol. The number of nitrogens with one attached hydrogen (secondary N) is 1. The van der Waals surface area contributed by atoms with Crippen LogP contribution in [0.15, 0.2) is 84.9 Å². The lowest BCUT2D eigenvalue weighted by Gasteiger charge is -2.11. The topological polar surface area (TPSA) is 41.6 Å². The zero-order chi connectivity index (χ0) is 20.5. The van der Waals surface area contributed by atoms with Crippen LogP contribution in [0.3, 0.4) is 0 Å². The summed E-state index contributed by atoms with van der Waals surface area (Å²) in [6.07, 6.45) is 3.40. The van der Waals surface area contributed by atoms with Crippen molar-refractivity contribution in [3.8, 4) is 11.5 Å². The summed E-state index contributed by atoms with van der Waals surface area (Å²) < 4.78 is 5.84. The van der Waals surface area contributed by atoms with E-state index in [1.165, 1.54) is 0 Å². The quantitative estimate of drug-likeness (QED) is 0.398. The molecule has 0 aliphatic heterocycles. The molecule has 0 atom stereocenters. The van der Waals surface area contributed by atoms with E-state index in [2.05, 4.69) is 10.2 Å². The van der Waals surface area contributed by atoms with Crippen LogP contribution in [0.25, 0.3) is 6.08 Å². The lowest BCUT2D eigenvalue weighted by Crippen LogP contribution is -2.20. The van der Waals surface area contributed by atoms with Crippen LogP contribution in [0.5, 0.6) is 11.5 Å².